The van der Waals surface area contributed by atoms with Crippen molar-refractivity contribution in [2.24, 2.45) is 0 Å². The molecule has 0 atom stereocenters. The van der Waals surface area contributed by atoms with E-state index < -0.39 is 0 Å². The average Bonchev–Trinajstić information content (AvgIpc) is 3.03. The SMILES string of the molecule is COc1ccc(-n2ncc(-c3ccc(Br)cc3F)n2)cc1OC. The van der Waals surface area contributed by atoms with Crippen molar-refractivity contribution >= 4 is 15.9 Å². The van der Waals surface area contributed by atoms with Gasteiger partial charge in [0, 0.05) is 16.1 Å². The van der Waals surface area contributed by atoms with E-state index in [2.05, 4.69) is 26.1 Å². The lowest BCUT2D eigenvalue weighted by Gasteiger charge is -2.08. The number of benzene rings is 2. The number of hydrogen-bond acceptors (Lipinski definition) is 4. The minimum Gasteiger partial charge on any atom is -0.493 e. The number of rotatable bonds is 4. The van der Waals surface area contributed by atoms with Crippen LogP contribution in [0, 0.1) is 5.82 Å². The van der Waals surface area contributed by atoms with E-state index in [0.29, 0.717) is 32.9 Å². The summed E-state index contributed by atoms with van der Waals surface area (Å²) in [5.74, 6) is 0.819. The van der Waals surface area contributed by atoms with E-state index >= 15 is 0 Å². The molecular formula is C16H13BrFN3O2. The summed E-state index contributed by atoms with van der Waals surface area (Å²) < 4.78 is 25.2. The molecule has 0 fully saturated rings. The fraction of sp³-hybridized carbons (Fsp3) is 0.125. The first-order valence-corrected chi connectivity index (χ1v) is 7.52. The molecule has 1 heterocycles. The molecule has 7 heteroatoms. The highest BCUT2D eigenvalue weighted by atomic mass is 79.9. The van der Waals surface area contributed by atoms with Gasteiger partial charge in [-0.2, -0.15) is 9.90 Å². The molecule has 0 aliphatic heterocycles. The molecule has 0 radical (unpaired) electrons. The van der Waals surface area contributed by atoms with Gasteiger partial charge in [0.25, 0.3) is 0 Å². The molecule has 23 heavy (non-hydrogen) atoms. The summed E-state index contributed by atoms with van der Waals surface area (Å²) in [5.41, 5.74) is 1.52. The van der Waals surface area contributed by atoms with Crippen LogP contribution in [0.25, 0.3) is 16.9 Å². The second kappa shape index (κ2) is 6.37. The van der Waals surface area contributed by atoms with Gasteiger partial charge in [-0.15, -0.1) is 5.10 Å². The predicted octanol–water partition coefficient (Wildman–Crippen LogP) is 3.85. The van der Waals surface area contributed by atoms with Gasteiger partial charge in [0.1, 0.15) is 11.5 Å². The van der Waals surface area contributed by atoms with Crippen molar-refractivity contribution in [3.8, 4) is 28.4 Å². The second-order valence-corrected chi connectivity index (χ2v) is 5.60. The van der Waals surface area contributed by atoms with E-state index in [1.165, 1.54) is 17.1 Å². The van der Waals surface area contributed by atoms with Crippen molar-refractivity contribution < 1.29 is 13.9 Å². The van der Waals surface area contributed by atoms with E-state index in [9.17, 15) is 4.39 Å². The molecular weight excluding hydrogens is 365 g/mol. The van der Waals surface area contributed by atoms with E-state index in [-0.39, 0.29) is 5.82 Å². The maximum Gasteiger partial charge on any atom is 0.162 e. The summed E-state index contributed by atoms with van der Waals surface area (Å²) in [6.45, 7) is 0. The third kappa shape index (κ3) is 3.05. The summed E-state index contributed by atoms with van der Waals surface area (Å²) in [4.78, 5) is 1.42. The number of aromatic nitrogens is 3. The molecule has 0 aliphatic carbocycles. The van der Waals surface area contributed by atoms with Crippen molar-refractivity contribution in [3.63, 3.8) is 0 Å². The Morgan fingerprint density at radius 1 is 1.04 bits per heavy atom. The van der Waals surface area contributed by atoms with Crippen LogP contribution in [0.3, 0.4) is 0 Å². The van der Waals surface area contributed by atoms with Gasteiger partial charge in [-0.3, -0.25) is 0 Å². The third-order valence-electron chi connectivity index (χ3n) is 3.30. The zero-order valence-electron chi connectivity index (χ0n) is 12.5. The Balaban J connectivity index is 1.99. The van der Waals surface area contributed by atoms with E-state index in [4.69, 9.17) is 9.47 Å². The van der Waals surface area contributed by atoms with Gasteiger partial charge in [-0.05, 0) is 30.3 Å². The summed E-state index contributed by atoms with van der Waals surface area (Å²) in [6.07, 6.45) is 1.52. The van der Waals surface area contributed by atoms with Crippen LogP contribution in [0.1, 0.15) is 0 Å². The second-order valence-electron chi connectivity index (χ2n) is 4.68. The molecule has 0 bridgehead atoms. The van der Waals surface area contributed by atoms with Crippen LogP contribution in [0.15, 0.2) is 47.1 Å². The lowest BCUT2D eigenvalue weighted by Crippen LogP contribution is -2.00. The summed E-state index contributed by atoms with van der Waals surface area (Å²) in [6, 6.07) is 10.1. The Labute approximate surface area is 140 Å². The number of ether oxygens (including phenoxy) is 2. The normalized spacial score (nSPS) is 10.6. The molecule has 0 amide bonds. The van der Waals surface area contributed by atoms with Gasteiger partial charge in [-0.1, -0.05) is 15.9 Å². The fourth-order valence-corrected chi connectivity index (χ4v) is 2.49. The number of halogens is 2. The minimum absolute atomic E-state index is 0.362. The monoisotopic (exact) mass is 377 g/mol. The zero-order chi connectivity index (χ0) is 16.4. The van der Waals surface area contributed by atoms with Gasteiger partial charge < -0.3 is 9.47 Å². The summed E-state index contributed by atoms with van der Waals surface area (Å²) >= 11 is 3.23. The average molecular weight is 378 g/mol. The Hall–Kier alpha value is -2.41. The summed E-state index contributed by atoms with van der Waals surface area (Å²) in [7, 11) is 3.12. The molecule has 5 nitrogen and oxygen atoms in total. The largest absolute Gasteiger partial charge is 0.493 e. The number of methoxy groups -OCH3 is 2. The van der Waals surface area contributed by atoms with E-state index in [1.807, 2.05) is 0 Å². The van der Waals surface area contributed by atoms with Crippen molar-refractivity contribution in [1.29, 1.82) is 0 Å². The highest BCUT2D eigenvalue weighted by Gasteiger charge is 2.12. The lowest BCUT2D eigenvalue weighted by atomic mass is 10.1. The molecule has 0 spiro atoms. The first kappa shape index (κ1) is 15.5. The van der Waals surface area contributed by atoms with E-state index in [1.54, 1.807) is 44.6 Å². The van der Waals surface area contributed by atoms with E-state index in [0.717, 1.165) is 0 Å². The molecule has 3 rings (SSSR count). The highest BCUT2D eigenvalue weighted by Crippen LogP contribution is 2.29. The van der Waals surface area contributed by atoms with Crippen LogP contribution < -0.4 is 9.47 Å². The zero-order valence-corrected chi connectivity index (χ0v) is 14.0. The summed E-state index contributed by atoms with van der Waals surface area (Å²) in [5, 5.41) is 8.51. The number of nitrogens with zero attached hydrogens (tertiary/aromatic N) is 3. The van der Waals surface area contributed by atoms with Crippen LogP contribution in [0.2, 0.25) is 0 Å². The Bertz CT molecular complexity index is 851. The molecule has 1 aromatic heterocycles. The lowest BCUT2D eigenvalue weighted by molar-refractivity contribution is 0.354. The number of hydrogen-bond donors (Lipinski definition) is 0. The Morgan fingerprint density at radius 3 is 2.52 bits per heavy atom. The topological polar surface area (TPSA) is 49.2 Å². The Morgan fingerprint density at radius 2 is 1.83 bits per heavy atom. The first-order valence-electron chi connectivity index (χ1n) is 6.72. The molecule has 0 unspecified atom stereocenters. The molecule has 0 saturated carbocycles. The van der Waals surface area contributed by atoms with Crippen molar-refractivity contribution in [1.82, 2.24) is 15.0 Å². The smallest absolute Gasteiger partial charge is 0.162 e. The molecule has 0 saturated heterocycles. The van der Waals surface area contributed by atoms with Crippen LogP contribution in [-0.2, 0) is 0 Å². The molecule has 2 aromatic carbocycles. The highest BCUT2D eigenvalue weighted by molar-refractivity contribution is 9.10. The van der Waals surface area contributed by atoms with Gasteiger partial charge >= 0.3 is 0 Å². The maximum absolute atomic E-state index is 14.0. The quantitative estimate of drug-likeness (QED) is 0.692. The fourth-order valence-electron chi connectivity index (χ4n) is 2.16. The molecule has 3 aromatic rings. The van der Waals surface area contributed by atoms with Crippen molar-refractivity contribution in [3.05, 3.63) is 52.9 Å². The third-order valence-corrected chi connectivity index (χ3v) is 3.79. The molecule has 0 N–H and O–H groups in total. The van der Waals surface area contributed by atoms with Crippen LogP contribution in [-0.4, -0.2) is 29.2 Å². The van der Waals surface area contributed by atoms with Crippen LogP contribution in [0.4, 0.5) is 4.39 Å². The van der Waals surface area contributed by atoms with Gasteiger partial charge in [0.15, 0.2) is 11.5 Å². The van der Waals surface area contributed by atoms with Gasteiger partial charge in [-0.25, -0.2) is 4.39 Å². The Kier molecular flexibility index (Phi) is 4.29. The van der Waals surface area contributed by atoms with Crippen LogP contribution in [0.5, 0.6) is 11.5 Å². The molecule has 118 valence electrons. The van der Waals surface area contributed by atoms with Crippen LogP contribution >= 0.6 is 15.9 Å². The van der Waals surface area contributed by atoms with Gasteiger partial charge in [0.2, 0.25) is 0 Å². The van der Waals surface area contributed by atoms with Crippen molar-refractivity contribution in [2.75, 3.05) is 14.2 Å². The van der Waals surface area contributed by atoms with Gasteiger partial charge in [0.05, 0.1) is 26.1 Å². The standard InChI is InChI=1S/C16H13BrFN3O2/c1-22-15-6-4-11(8-16(15)23-2)21-19-9-14(20-21)12-5-3-10(17)7-13(12)18/h3-9H,1-2H3. The maximum atomic E-state index is 14.0. The first-order chi connectivity index (χ1) is 11.1. The molecule has 0 aliphatic rings. The minimum atomic E-state index is -0.362. The predicted molar refractivity (Wildman–Crippen MR) is 87.6 cm³/mol. The van der Waals surface area contributed by atoms with Crippen molar-refractivity contribution in [2.45, 2.75) is 0 Å².